The first-order valence-corrected chi connectivity index (χ1v) is 13.8. The average Bonchev–Trinajstić information content (AvgIpc) is 2.87. The van der Waals surface area contributed by atoms with E-state index >= 15 is 0 Å². The SMILES string of the molecule is CCCCCCCCCCCCCCC(=O)[C@](N)(CCCC(N)C(=O)OCc1ccccc1)C(=O)O. The smallest absolute Gasteiger partial charge is 0.331 e. The molecule has 2 atom stereocenters. The summed E-state index contributed by atoms with van der Waals surface area (Å²) in [4.78, 5) is 36.5. The zero-order valence-corrected chi connectivity index (χ0v) is 22.2. The number of Topliss-reactive ketones (excluding diaryl/α,β-unsaturated/α-hetero) is 1. The van der Waals surface area contributed by atoms with Crippen molar-refractivity contribution in [2.75, 3.05) is 0 Å². The van der Waals surface area contributed by atoms with Crippen molar-refractivity contribution in [2.45, 2.75) is 128 Å². The van der Waals surface area contributed by atoms with Crippen LogP contribution in [0.15, 0.2) is 30.3 Å². The Hall–Kier alpha value is -2.25. The Morgan fingerprint density at radius 3 is 1.92 bits per heavy atom. The zero-order valence-electron chi connectivity index (χ0n) is 22.2. The molecule has 0 aromatic heterocycles. The fraction of sp³-hybridized carbons (Fsp3) is 0.690. The Kier molecular flexibility index (Phi) is 16.7. The summed E-state index contributed by atoms with van der Waals surface area (Å²) >= 11 is 0. The van der Waals surface area contributed by atoms with Crippen molar-refractivity contribution in [3.63, 3.8) is 0 Å². The lowest BCUT2D eigenvalue weighted by Crippen LogP contribution is -2.55. The van der Waals surface area contributed by atoms with E-state index in [9.17, 15) is 19.5 Å². The number of carbonyl (C=O) groups excluding carboxylic acids is 2. The van der Waals surface area contributed by atoms with Gasteiger partial charge in [-0.25, -0.2) is 4.79 Å². The van der Waals surface area contributed by atoms with Crippen LogP contribution in [0.2, 0.25) is 0 Å². The standard InChI is InChI=1S/C29H48N2O5/c1-2-3-4-5-6-7-8-9-10-11-12-16-21-26(32)29(31,28(34)35)22-17-20-25(30)27(33)36-23-24-18-14-13-15-19-24/h13-15,18-19,25H,2-12,16-17,20-23,30-31H2,1H3,(H,34,35)/t25?,29-/m1/s1. The quantitative estimate of drug-likeness (QED) is 0.105. The number of nitrogens with two attached hydrogens (primary N) is 2. The normalized spacial score (nSPS) is 13.6. The molecule has 0 bridgehead atoms. The van der Waals surface area contributed by atoms with Crippen molar-refractivity contribution in [3.8, 4) is 0 Å². The first-order chi connectivity index (χ1) is 17.3. The van der Waals surface area contributed by atoms with E-state index in [0.29, 0.717) is 6.42 Å². The molecule has 5 N–H and O–H groups in total. The predicted octanol–water partition coefficient (Wildman–Crippen LogP) is 5.67. The van der Waals surface area contributed by atoms with Gasteiger partial charge in [0.1, 0.15) is 12.6 Å². The molecule has 7 heteroatoms. The number of carbonyl (C=O) groups is 3. The van der Waals surface area contributed by atoms with Gasteiger partial charge in [-0.1, -0.05) is 108 Å². The van der Waals surface area contributed by atoms with Crippen molar-refractivity contribution in [2.24, 2.45) is 11.5 Å². The van der Waals surface area contributed by atoms with Crippen molar-refractivity contribution >= 4 is 17.7 Å². The Morgan fingerprint density at radius 2 is 1.39 bits per heavy atom. The molecule has 0 saturated carbocycles. The molecule has 1 rings (SSSR count). The minimum atomic E-state index is -1.94. The van der Waals surface area contributed by atoms with Gasteiger partial charge in [0.2, 0.25) is 0 Å². The molecule has 7 nitrogen and oxygen atoms in total. The third-order valence-electron chi connectivity index (χ3n) is 6.75. The topological polar surface area (TPSA) is 133 Å². The lowest BCUT2D eigenvalue weighted by atomic mass is 9.86. The third kappa shape index (κ3) is 13.2. The highest BCUT2D eigenvalue weighted by atomic mass is 16.5. The van der Waals surface area contributed by atoms with Gasteiger partial charge in [0.25, 0.3) is 0 Å². The first-order valence-electron chi connectivity index (χ1n) is 13.8. The van der Waals surface area contributed by atoms with Crippen LogP contribution in [0.3, 0.4) is 0 Å². The number of esters is 1. The second-order valence-electron chi connectivity index (χ2n) is 9.93. The third-order valence-corrected chi connectivity index (χ3v) is 6.75. The average molecular weight is 505 g/mol. The van der Waals surface area contributed by atoms with Gasteiger partial charge in [0.15, 0.2) is 11.3 Å². The van der Waals surface area contributed by atoms with Crippen molar-refractivity contribution in [1.29, 1.82) is 0 Å². The van der Waals surface area contributed by atoms with Crippen LogP contribution in [-0.2, 0) is 25.7 Å². The molecule has 0 amide bonds. The maximum Gasteiger partial charge on any atom is 0.331 e. The number of rotatable bonds is 22. The van der Waals surface area contributed by atoms with Gasteiger partial charge in [0, 0.05) is 6.42 Å². The summed E-state index contributed by atoms with van der Waals surface area (Å²) in [6, 6.07) is 8.37. The van der Waals surface area contributed by atoms with Crippen LogP contribution in [0, 0.1) is 0 Å². The number of benzene rings is 1. The van der Waals surface area contributed by atoms with Crippen molar-refractivity contribution in [1.82, 2.24) is 0 Å². The summed E-state index contributed by atoms with van der Waals surface area (Å²) in [5.74, 6) is -2.34. The van der Waals surface area contributed by atoms with E-state index in [1.807, 2.05) is 30.3 Å². The summed E-state index contributed by atoms with van der Waals surface area (Å²) in [6.45, 7) is 2.36. The lowest BCUT2D eigenvalue weighted by Gasteiger charge is -2.23. The van der Waals surface area contributed by atoms with Crippen LogP contribution >= 0.6 is 0 Å². The van der Waals surface area contributed by atoms with E-state index in [4.69, 9.17) is 16.2 Å². The highest BCUT2D eigenvalue weighted by Crippen LogP contribution is 2.19. The van der Waals surface area contributed by atoms with Gasteiger partial charge in [-0.2, -0.15) is 0 Å². The molecule has 204 valence electrons. The summed E-state index contributed by atoms with van der Waals surface area (Å²) in [7, 11) is 0. The van der Waals surface area contributed by atoms with Gasteiger partial charge in [-0.15, -0.1) is 0 Å². The number of carboxylic acids is 1. The molecule has 1 unspecified atom stereocenters. The van der Waals surface area contributed by atoms with Gasteiger partial charge < -0.3 is 21.3 Å². The molecule has 0 heterocycles. The molecule has 0 saturated heterocycles. The number of hydrogen-bond acceptors (Lipinski definition) is 6. The van der Waals surface area contributed by atoms with Crippen molar-refractivity contribution in [3.05, 3.63) is 35.9 Å². The number of unbranched alkanes of at least 4 members (excludes halogenated alkanes) is 11. The van der Waals surface area contributed by atoms with Crippen LogP contribution < -0.4 is 11.5 Å². The molecule has 0 aliphatic carbocycles. The van der Waals surface area contributed by atoms with E-state index in [2.05, 4.69) is 6.92 Å². The van der Waals surface area contributed by atoms with E-state index in [-0.39, 0.29) is 32.3 Å². The second kappa shape index (κ2) is 18.9. The Morgan fingerprint density at radius 1 is 0.861 bits per heavy atom. The van der Waals surface area contributed by atoms with Crippen LogP contribution in [0.4, 0.5) is 0 Å². The molecular formula is C29H48N2O5. The fourth-order valence-corrected chi connectivity index (χ4v) is 4.27. The summed E-state index contributed by atoms with van der Waals surface area (Å²) in [5.41, 5.74) is 10.8. The molecule has 0 radical (unpaired) electrons. The molecule has 1 aromatic carbocycles. The molecule has 0 fully saturated rings. The number of aliphatic carboxylic acids is 1. The van der Waals surface area contributed by atoms with Gasteiger partial charge >= 0.3 is 11.9 Å². The zero-order chi connectivity index (χ0) is 26.7. The van der Waals surface area contributed by atoms with Crippen LogP contribution in [-0.4, -0.2) is 34.4 Å². The fourth-order valence-electron chi connectivity index (χ4n) is 4.27. The Bertz CT molecular complexity index is 755. The maximum absolute atomic E-state index is 12.6. The minimum absolute atomic E-state index is 0.0565. The van der Waals surface area contributed by atoms with E-state index in [1.165, 1.54) is 51.4 Å². The van der Waals surface area contributed by atoms with Gasteiger partial charge in [0.05, 0.1) is 0 Å². The molecule has 1 aromatic rings. The highest BCUT2D eigenvalue weighted by molar-refractivity contribution is 6.07. The Labute approximate surface area is 217 Å². The van der Waals surface area contributed by atoms with Crippen LogP contribution in [0.25, 0.3) is 0 Å². The second-order valence-corrected chi connectivity index (χ2v) is 9.93. The van der Waals surface area contributed by atoms with E-state index in [0.717, 1.165) is 24.8 Å². The summed E-state index contributed by atoms with van der Waals surface area (Å²) < 4.78 is 5.22. The number of hydrogen-bond donors (Lipinski definition) is 3. The number of ketones is 1. The van der Waals surface area contributed by atoms with E-state index < -0.39 is 29.3 Å². The molecule has 0 aliphatic heterocycles. The van der Waals surface area contributed by atoms with E-state index in [1.54, 1.807) is 0 Å². The Balaban J connectivity index is 2.22. The molecule has 0 aliphatic rings. The lowest BCUT2D eigenvalue weighted by molar-refractivity contribution is -0.148. The molecule has 36 heavy (non-hydrogen) atoms. The summed E-state index contributed by atoms with van der Waals surface area (Å²) in [5, 5.41) is 9.61. The predicted molar refractivity (Wildman–Crippen MR) is 143 cm³/mol. The molecular weight excluding hydrogens is 456 g/mol. The van der Waals surface area contributed by atoms with Crippen LogP contribution in [0.5, 0.6) is 0 Å². The van der Waals surface area contributed by atoms with Crippen molar-refractivity contribution < 1.29 is 24.2 Å². The van der Waals surface area contributed by atoms with Gasteiger partial charge in [-0.05, 0) is 31.2 Å². The summed E-state index contributed by atoms with van der Waals surface area (Å²) in [6.07, 6.45) is 14.7. The maximum atomic E-state index is 12.6. The molecule has 0 spiro atoms. The first kappa shape index (κ1) is 31.8. The van der Waals surface area contributed by atoms with Crippen LogP contribution in [0.1, 0.15) is 115 Å². The number of ether oxygens (including phenoxy) is 1. The minimum Gasteiger partial charge on any atom is -0.480 e. The highest BCUT2D eigenvalue weighted by Gasteiger charge is 2.40. The number of carboxylic acid groups (broad SMARTS) is 1. The monoisotopic (exact) mass is 504 g/mol. The largest absolute Gasteiger partial charge is 0.480 e. The van der Waals surface area contributed by atoms with Gasteiger partial charge in [-0.3, -0.25) is 9.59 Å².